The van der Waals surface area contributed by atoms with Gasteiger partial charge in [-0.15, -0.1) is 0 Å². The minimum Gasteiger partial charge on any atom is -0.491 e. The molecule has 1 aliphatic rings. The summed E-state index contributed by atoms with van der Waals surface area (Å²) in [6, 6.07) is 0. The van der Waals surface area contributed by atoms with Crippen LogP contribution in [0.1, 0.15) is 26.7 Å². The maximum absolute atomic E-state index is 14.2. The Morgan fingerprint density at radius 3 is 1.92 bits per heavy atom. The smallest absolute Gasteiger partial charge is 0.200 e. The number of hydrogen-bond acceptors (Lipinski definition) is 2. The van der Waals surface area contributed by atoms with Crippen molar-refractivity contribution in [3.63, 3.8) is 0 Å². The van der Waals surface area contributed by atoms with Crippen molar-refractivity contribution in [2.24, 2.45) is 5.92 Å². The third-order valence-corrected chi connectivity index (χ3v) is 3.99. The number of halogens is 4. The minimum atomic E-state index is -1.52. The molecule has 2 nitrogen and oxygen atoms in total. The summed E-state index contributed by atoms with van der Waals surface area (Å²) in [5.41, 5.74) is -1.67. The first-order valence-corrected chi connectivity index (χ1v) is 8.15. The van der Waals surface area contributed by atoms with Gasteiger partial charge in [0.25, 0.3) is 0 Å². The van der Waals surface area contributed by atoms with E-state index in [2.05, 4.69) is 26.3 Å². The minimum absolute atomic E-state index is 0.0435. The van der Waals surface area contributed by atoms with Gasteiger partial charge in [0.15, 0.2) is 23.2 Å². The second kappa shape index (κ2) is 9.57. The molecule has 144 valence electrons. The number of hydrogen-bond donors (Lipinski definition) is 0. The molecule has 0 aliphatic carbocycles. The van der Waals surface area contributed by atoms with Crippen molar-refractivity contribution in [1.82, 2.24) is 0 Å². The van der Waals surface area contributed by atoms with E-state index in [-0.39, 0.29) is 24.2 Å². The van der Waals surface area contributed by atoms with Gasteiger partial charge in [0.2, 0.25) is 5.83 Å². The Morgan fingerprint density at radius 2 is 1.46 bits per heavy atom. The molecule has 2 atom stereocenters. The molecule has 1 aliphatic heterocycles. The fourth-order valence-corrected chi connectivity index (χ4v) is 2.19. The molecule has 0 N–H and O–H groups in total. The summed E-state index contributed by atoms with van der Waals surface area (Å²) in [5, 5.41) is 0. The first-order chi connectivity index (χ1) is 12.1. The lowest BCUT2D eigenvalue weighted by Gasteiger charge is -2.26. The second-order valence-electron chi connectivity index (χ2n) is 6.31. The lowest BCUT2D eigenvalue weighted by atomic mass is 10.00. The van der Waals surface area contributed by atoms with E-state index in [0.29, 0.717) is 6.61 Å². The van der Waals surface area contributed by atoms with Gasteiger partial charge in [-0.05, 0) is 32.3 Å². The SMILES string of the molecule is C=C(C)/C(F)=C(/F)C(=C)C(=C)/C(F)=C(/F)C(=C)OCC1CCC(C)OC1. The number of rotatable bonds is 8. The van der Waals surface area contributed by atoms with Gasteiger partial charge < -0.3 is 9.47 Å². The van der Waals surface area contributed by atoms with Crippen molar-refractivity contribution in [2.45, 2.75) is 32.8 Å². The summed E-state index contributed by atoms with van der Waals surface area (Å²) in [5.74, 6) is -6.22. The van der Waals surface area contributed by atoms with Crippen molar-refractivity contribution in [1.29, 1.82) is 0 Å². The van der Waals surface area contributed by atoms with E-state index in [1.807, 2.05) is 6.92 Å². The molecule has 1 saturated heterocycles. The van der Waals surface area contributed by atoms with Gasteiger partial charge in [-0.2, -0.15) is 4.39 Å². The van der Waals surface area contributed by atoms with Crippen molar-refractivity contribution in [3.05, 3.63) is 72.1 Å². The normalized spacial score (nSPS) is 22.1. The van der Waals surface area contributed by atoms with Gasteiger partial charge in [-0.1, -0.05) is 26.3 Å². The molecule has 0 aromatic carbocycles. The summed E-state index contributed by atoms with van der Waals surface area (Å²) < 4.78 is 66.3. The fraction of sp³-hybridized carbons (Fsp3) is 0.400. The van der Waals surface area contributed by atoms with Crippen LogP contribution in [-0.4, -0.2) is 19.3 Å². The van der Waals surface area contributed by atoms with Crippen molar-refractivity contribution in [3.8, 4) is 0 Å². The predicted octanol–water partition coefficient (Wildman–Crippen LogP) is 6.32. The highest BCUT2D eigenvalue weighted by atomic mass is 19.2. The third-order valence-electron chi connectivity index (χ3n) is 3.99. The highest BCUT2D eigenvalue weighted by Crippen LogP contribution is 2.33. The van der Waals surface area contributed by atoms with Crippen LogP contribution < -0.4 is 0 Å². The molecule has 26 heavy (non-hydrogen) atoms. The Hall–Kier alpha value is -2.08. The monoisotopic (exact) mass is 372 g/mol. The summed E-state index contributed by atoms with van der Waals surface area (Å²) in [6.07, 6.45) is 1.85. The zero-order valence-corrected chi connectivity index (χ0v) is 15.1. The van der Waals surface area contributed by atoms with Crippen LogP contribution in [0.25, 0.3) is 0 Å². The van der Waals surface area contributed by atoms with Crippen LogP contribution in [0.3, 0.4) is 0 Å². The number of allylic oxidation sites excluding steroid dienone is 7. The molecule has 0 bridgehead atoms. The summed E-state index contributed by atoms with van der Waals surface area (Å²) in [4.78, 5) is 0. The van der Waals surface area contributed by atoms with E-state index in [0.717, 1.165) is 12.8 Å². The predicted molar refractivity (Wildman–Crippen MR) is 94.8 cm³/mol. The van der Waals surface area contributed by atoms with Gasteiger partial charge in [0.05, 0.1) is 19.3 Å². The maximum atomic E-state index is 14.2. The Bertz CT molecular complexity index is 665. The van der Waals surface area contributed by atoms with Crippen LogP contribution in [0.2, 0.25) is 0 Å². The van der Waals surface area contributed by atoms with Crippen molar-refractivity contribution in [2.75, 3.05) is 13.2 Å². The molecule has 0 spiro atoms. The molecular weight excluding hydrogens is 348 g/mol. The maximum Gasteiger partial charge on any atom is 0.200 e. The molecular formula is C20H24F4O2. The Morgan fingerprint density at radius 1 is 0.923 bits per heavy atom. The molecule has 0 amide bonds. The summed E-state index contributed by atoms with van der Waals surface area (Å²) in [7, 11) is 0. The average molecular weight is 372 g/mol. The average Bonchev–Trinajstić information content (AvgIpc) is 2.63. The molecule has 2 unspecified atom stereocenters. The Labute approximate surface area is 151 Å². The second-order valence-corrected chi connectivity index (χ2v) is 6.31. The molecule has 0 aromatic rings. The lowest BCUT2D eigenvalue weighted by Crippen LogP contribution is -2.26. The molecule has 1 heterocycles. The zero-order chi connectivity index (χ0) is 20.0. The van der Waals surface area contributed by atoms with E-state index < -0.39 is 40.2 Å². The molecule has 1 fully saturated rings. The zero-order valence-electron chi connectivity index (χ0n) is 15.1. The van der Waals surface area contributed by atoms with Crippen LogP contribution in [0, 0.1) is 5.92 Å². The van der Waals surface area contributed by atoms with Crippen LogP contribution in [-0.2, 0) is 9.47 Å². The van der Waals surface area contributed by atoms with E-state index in [9.17, 15) is 17.6 Å². The quantitative estimate of drug-likeness (QED) is 0.282. The Balaban J connectivity index is 2.76. The standard InChI is InChI=1S/C20H24F4O2/c1-11(2)17(21)18(22)13(4)14(5)19(23)20(24)15(6)26-10-16-8-7-12(3)25-9-16/h12,16H,1,4-10H2,2-3H3/b18-17-,20-19-. The van der Waals surface area contributed by atoms with Crippen LogP contribution in [0.4, 0.5) is 17.6 Å². The van der Waals surface area contributed by atoms with Crippen LogP contribution >= 0.6 is 0 Å². The molecule has 1 rings (SSSR count). The highest BCUT2D eigenvalue weighted by Gasteiger charge is 2.23. The molecule has 6 heteroatoms. The van der Waals surface area contributed by atoms with Gasteiger partial charge >= 0.3 is 0 Å². The topological polar surface area (TPSA) is 18.5 Å². The molecule has 0 aromatic heterocycles. The van der Waals surface area contributed by atoms with E-state index in [4.69, 9.17) is 9.47 Å². The van der Waals surface area contributed by atoms with E-state index >= 15 is 0 Å². The first kappa shape index (κ1) is 22.0. The van der Waals surface area contributed by atoms with Crippen molar-refractivity contribution < 1.29 is 27.0 Å². The third kappa shape index (κ3) is 5.73. The summed E-state index contributed by atoms with van der Waals surface area (Å²) >= 11 is 0. The van der Waals surface area contributed by atoms with E-state index in [1.54, 1.807) is 0 Å². The largest absolute Gasteiger partial charge is 0.491 e. The fourth-order valence-electron chi connectivity index (χ4n) is 2.19. The van der Waals surface area contributed by atoms with Gasteiger partial charge in [0.1, 0.15) is 0 Å². The lowest BCUT2D eigenvalue weighted by molar-refractivity contribution is -0.0248. The van der Waals surface area contributed by atoms with Crippen LogP contribution in [0.5, 0.6) is 0 Å². The van der Waals surface area contributed by atoms with Gasteiger partial charge in [-0.25, -0.2) is 13.2 Å². The molecule has 0 saturated carbocycles. The Kier molecular flexibility index (Phi) is 8.08. The molecule has 0 radical (unpaired) electrons. The van der Waals surface area contributed by atoms with E-state index in [1.165, 1.54) is 6.92 Å². The van der Waals surface area contributed by atoms with Crippen molar-refractivity contribution >= 4 is 0 Å². The highest BCUT2D eigenvalue weighted by molar-refractivity contribution is 5.53. The van der Waals surface area contributed by atoms with Gasteiger partial charge in [-0.3, -0.25) is 0 Å². The van der Waals surface area contributed by atoms with Crippen LogP contribution in [0.15, 0.2) is 72.1 Å². The number of ether oxygens (including phenoxy) is 2. The van der Waals surface area contributed by atoms with Gasteiger partial charge in [0, 0.05) is 17.1 Å². The first-order valence-electron chi connectivity index (χ1n) is 8.15. The summed E-state index contributed by atoms with van der Waals surface area (Å²) in [6.45, 7) is 16.7.